The largest absolute Gasteiger partial charge is 0.475 e. The molecule has 0 unspecified atom stereocenters. The van der Waals surface area contributed by atoms with Gasteiger partial charge in [0.25, 0.3) is 0 Å². The Morgan fingerprint density at radius 3 is 2.89 bits per heavy atom. The van der Waals surface area contributed by atoms with E-state index in [1.54, 1.807) is 11.3 Å². The number of anilines is 1. The minimum Gasteiger partial charge on any atom is -0.475 e. The number of ether oxygens (including phenoxy) is 2. The molecule has 1 N–H and O–H groups in total. The number of thiophene rings is 1. The van der Waals surface area contributed by atoms with Crippen LogP contribution in [0.5, 0.6) is 5.88 Å². The molecule has 0 aromatic carbocycles. The number of nitrogens with zero attached hydrogens (tertiary/aromatic N) is 2. The van der Waals surface area contributed by atoms with Crippen LogP contribution in [0.2, 0.25) is 0 Å². The Bertz CT molecular complexity index is 516. The molecule has 2 heterocycles. The average Bonchev–Trinajstić information content (AvgIpc) is 2.87. The first-order chi connectivity index (χ1) is 9.35. The van der Waals surface area contributed by atoms with Crippen molar-refractivity contribution in [3.63, 3.8) is 0 Å². The molecule has 0 aliphatic heterocycles. The summed E-state index contributed by atoms with van der Waals surface area (Å²) in [6.07, 6.45) is 1.02. The van der Waals surface area contributed by atoms with Gasteiger partial charge in [0.1, 0.15) is 11.4 Å². The van der Waals surface area contributed by atoms with Gasteiger partial charge in [-0.2, -0.15) is 4.98 Å². The molecule has 19 heavy (non-hydrogen) atoms. The van der Waals surface area contributed by atoms with Gasteiger partial charge >= 0.3 is 0 Å². The van der Waals surface area contributed by atoms with Crippen molar-refractivity contribution in [3.8, 4) is 5.88 Å². The van der Waals surface area contributed by atoms with Gasteiger partial charge in [0.15, 0.2) is 0 Å². The molecule has 0 saturated heterocycles. The van der Waals surface area contributed by atoms with Crippen molar-refractivity contribution in [1.82, 2.24) is 9.97 Å². The van der Waals surface area contributed by atoms with E-state index in [2.05, 4.69) is 22.2 Å². The van der Waals surface area contributed by atoms with E-state index in [9.17, 15) is 0 Å². The summed E-state index contributed by atoms with van der Waals surface area (Å²) in [5.74, 6) is 1.24. The maximum absolute atomic E-state index is 5.70. The maximum Gasteiger partial charge on any atom is 0.227 e. The van der Waals surface area contributed by atoms with Crippen molar-refractivity contribution >= 4 is 27.5 Å². The molecule has 0 fully saturated rings. The lowest BCUT2D eigenvalue weighted by molar-refractivity contribution is 0.0996. The first-order valence-electron chi connectivity index (χ1n) is 6.54. The number of hydrogen-bond acceptors (Lipinski definition) is 6. The molecule has 0 atom stereocenters. The van der Waals surface area contributed by atoms with Gasteiger partial charge in [-0.15, -0.1) is 11.3 Å². The van der Waals surface area contributed by atoms with Gasteiger partial charge in [-0.3, -0.25) is 0 Å². The molecule has 0 spiro atoms. The van der Waals surface area contributed by atoms with Crippen molar-refractivity contribution in [3.05, 3.63) is 11.4 Å². The topological polar surface area (TPSA) is 56.3 Å². The first-order valence-corrected chi connectivity index (χ1v) is 7.42. The highest BCUT2D eigenvalue weighted by Crippen LogP contribution is 2.27. The third kappa shape index (κ3) is 3.78. The fourth-order valence-electron chi connectivity index (χ4n) is 1.62. The lowest BCUT2D eigenvalue weighted by atomic mass is 10.4. The number of nitrogens with one attached hydrogen (secondary N) is 1. The van der Waals surface area contributed by atoms with Crippen LogP contribution in [0, 0.1) is 0 Å². The van der Waals surface area contributed by atoms with E-state index >= 15 is 0 Å². The Morgan fingerprint density at radius 1 is 1.21 bits per heavy atom. The van der Waals surface area contributed by atoms with Crippen LogP contribution in [0.3, 0.4) is 0 Å². The molecule has 0 bridgehead atoms. The van der Waals surface area contributed by atoms with E-state index < -0.39 is 0 Å². The van der Waals surface area contributed by atoms with Gasteiger partial charge in [0, 0.05) is 13.2 Å². The molecule has 104 valence electrons. The maximum atomic E-state index is 5.70. The number of hydrogen-bond donors (Lipinski definition) is 1. The van der Waals surface area contributed by atoms with Crippen LogP contribution in [-0.4, -0.2) is 36.3 Å². The highest BCUT2D eigenvalue weighted by Gasteiger charge is 2.09. The SMILES string of the molecule is CCCOCCOc1nc(NCC)nc2sccc12. The molecule has 2 aromatic heterocycles. The van der Waals surface area contributed by atoms with Crippen molar-refractivity contribution in [1.29, 1.82) is 0 Å². The monoisotopic (exact) mass is 281 g/mol. The molecule has 0 saturated carbocycles. The number of fused-ring (bicyclic) bond motifs is 1. The van der Waals surface area contributed by atoms with Gasteiger partial charge < -0.3 is 14.8 Å². The van der Waals surface area contributed by atoms with Gasteiger partial charge in [0.2, 0.25) is 11.8 Å². The quantitative estimate of drug-likeness (QED) is 0.754. The van der Waals surface area contributed by atoms with Crippen molar-refractivity contribution in [2.45, 2.75) is 20.3 Å². The van der Waals surface area contributed by atoms with E-state index in [-0.39, 0.29) is 0 Å². The van der Waals surface area contributed by atoms with Gasteiger partial charge in [-0.1, -0.05) is 6.92 Å². The Morgan fingerprint density at radius 2 is 2.11 bits per heavy atom. The second-order valence-corrected chi connectivity index (χ2v) is 4.88. The summed E-state index contributed by atoms with van der Waals surface area (Å²) in [6.45, 7) is 6.75. The second kappa shape index (κ2) is 7.25. The van der Waals surface area contributed by atoms with Crippen molar-refractivity contribution < 1.29 is 9.47 Å². The second-order valence-electron chi connectivity index (χ2n) is 3.98. The van der Waals surface area contributed by atoms with Crippen LogP contribution in [-0.2, 0) is 4.74 Å². The van der Waals surface area contributed by atoms with Crippen molar-refractivity contribution in [2.24, 2.45) is 0 Å². The van der Waals surface area contributed by atoms with Crippen LogP contribution >= 0.6 is 11.3 Å². The van der Waals surface area contributed by atoms with E-state index in [1.807, 2.05) is 18.4 Å². The zero-order valence-corrected chi connectivity index (χ0v) is 12.1. The predicted octanol–water partition coefficient (Wildman–Crippen LogP) is 2.93. The molecule has 0 amide bonds. The summed E-state index contributed by atoms with van der Waals surface area (Å²) >= 11 is 1.59. The summed E-state index contributed by atoms with van der Waals surface area (Å²) in [6, 6.07) is 1.98. The Labute approximate surface area is 117 Å². The molecule has 6 heteroatoms. The number of aromatic nitrogens is 2. The van der Waals surface area contributed by atoms with E-state index in [0.29, 0.717) is 25.0 Å². The zero-order valence-electron chi connectivity index (χ0n) is 11.3. The fourth-order valence-corrected chi connectivity index (χ4v) is 2.37. The van der Waals surface area contributed by atoms with Crippen LogP contribution in [0.1, 0.15) is 20.3 Å². The summed E-state index contributed by atoms with van der Waals surface area (Å²) < 4.78 is 11.1. The van der Waals surface area contributed by atoms with E-state index in [4.69, 9.17) is 9.47 Å². The summed E-state index contributed by atoms with van der Waals surface area (Å²) in [7, 11) is 0. The summed E-state index contributed by atoms with van der Waals surface area (Å²) in [5, 5.41) is 6.07. The molecule has 0 aliphatic rings. The Hall–Kier alpha value is -1.40. The molecular weight excluding hydrogens is 262 g/mol. The van der Waals surface area contributed by atoms with E-state index in [0.717, 1.165) is 29.8 Å². The number of rotatable bonds is 8. The van der Waals surface area contributed by atoms with Crippen LogP contribution < -0.4 is 10.1 Å². The van der Waals surface area contributed by atoms with Crippen LogP contribution in [0.25, 0.3) is 10.2 Å². The fraction of sp³-hybridized carbons (Fsp3) is 0.538. The molecular formula is C13H19N3O2S. The van der Waals surface area contributed by atoms with Gasteiger partial charge in [0.05, 0.1) is 12.0 Å². The summed E-state index contributed by atoms with van der Waals surface area (Å²) in [5.41, 5.74) is 0. The van der Waals surface area contributed by atoms with Crippen LogP contribution in [0.15, 0.2) is 11.4 Å². The normalized spacial score (nSPS) is 10.8. The van der Waals surface area contributed by atoms with Gasteiger partial charge in [-0.25, -0.2) is 4.98 Å². The smallest absolute Gasteiger partial charge is 0.227 e. The van der Waals surface area contributed by atoms with Gasteiger partial charge in [-0.05, 0) is 24.8 Å². The molecule has 0 aliphatic carbocycles. The third-order valence-corrected chi connectivity index (χ3v) is 3.25. The Balaban J connectivity index is 2.04. The highest BCUT2D eigenvalue weighted by molar-refractivity contribution is 7.16. The van der Waals surface area contributed by atoms with Crippen molar-refractivity contribution in [2.75, 3.05) is 31.7 Å². The molecule has 5 nitrogen and oxygen atoms in total. The minimum absolute atomic E-state index is 0.507. The lowest BCUT2D eigenvalue weighted by Crippen LogP contribution is -2.09. The standard InChI is InChI=1S/C13H19N3O2S/c1-3-6-17-7-8-18-11-10-5-9-19-12(10)16-13(15-11)14-4-2/h5,9H,3-4,6-8H2,1-2H3,(H,14,15,16). The highest BCUT2D eigenvalue weighted by atomic mass is 32.1. The predicted molar refractivity (Wildman–Crippen MR) is 78.2 cm³/mol. The zero-order chi connectivity index (χ0) is 13.5. The molecule has 2 rings (SSSR count). The third-order valence-electron chi connectivity index (χ3n) is 2.44. The Kier molecular flexibility index (Phi) is 5.35. The van der Waals surface area contributed by atoms with Crippen LogP contribution in [0.4, 0.5) is 5.95 Å². The molecule has 0 radical (unpaired) electrons. The lowest BCUT2D eigenvalue weighted by Gasteiger charge is -2.09. The summed E-state index contributed by atoms with van der Waals surface area (Å²) in [4.78, 5) is 9.76. The minimum atomic E-state index is 0.507. The van der Waals surface area contributed by atoms with E-state index in [1.165, 1.54) is 0 Å². The molecule has 2 aromatic rings. The average molecular weight is 281 g/mol. The first kappa shape index (κ1) is 14.0.